The van der Waals surface area contributed by atoms with Gasteiger partial charge in [0.05, 0.1) is 10.6 Å². The largest absolute Gasteiger partial charge is 0.373 e. The summed E-state index contributed by atoms with van der Waals surface area (Å²) in [5, 5.41) is 3.24. The predicted octanol–water partition coefficient (Wildman–Crippen LogP) is 4.10. The number of nitrogens with one attached hydrogen (secondary N) is 1. The van der Waals surface area contributed by atoms with E-state index in [4.69, 9.17) is 11.6 Å². The van der Waals surface area contributed by atoms with Crippen LogP contribution < -0.4 is 14.5 Å². The Bertz CT molecular complexity index is 1160. The highest BCUT2D eigenvalue weighted by Crippen LogP contribution is 2.27. The average Bonchev–Trinajstić information content (AvgIpc) is 2.80. The van der Waals surface area contributed by atoms with E-state index in [1.165, 1.54) is 12.1 Å². The van der Waals surface area contributed by atoms with E-state index in [1.807, 2.05) is 49.2 Å². The van der Waals surface area contributed by atoms with Crippen LogP contribution >= 0.6 is 11.6 Å². The molecule has 3 aromatic carbocycles. The van der Waals surface area contributed by atoms with E-state index in [0.717, 1.165) is 15.6 Å². The van der Waals surface area contributed by atoms with Crippen LogP contribution in [0.25, 0.3) is 0 Å². The average molecular weight is 472 g/mol. The summed E-state index contributed by atoms with van der Waals surface area (Å²) in [7, 11) is -2.03. The van der Waals surface area contributed by atoms with E-state index in [9.17, 15) is 13.2 Å². The van der Waals surface area contributed by atoms with Crippen LogP contribution in [0.15, 0.2) is 83.8 Å². The lowest BCUT2D eigenvalue weighted by molar-refractivity contribution is -0.119. The Morgan fingerprint density at radius 3 is 2.19 bits per heavy atom. The molecule has 1 N–H and O–H groups in total. The number of likely N-dealkylation sites (N-methyl/N-ethyl adjacent to an activating group) is 1. The van der Waals surface area contributed by atoms with Gasteiger partial charge in [0.15, 0.2) is 0 Å². The molecule has 3 rings (SSSR count). The lowest BCUT2D eigenvalue weighted by Gasteiger charge is -2.25. The Kier molecular flexibility index (Phi) is 7.77. The number of aryl methyl sites for hydroxylation is 1. The molecule has 0 unspecified atom stereocenters. The molecule has 0 spiro atoms. The highest BCUT2D eigenvalue weighted by Gasteiger charge is 2.27. The lowest BCUT2D eigenvalue weighted by atomic mass is 10.2. The zero-order valence-electron chi connectivity index (χ0n) is 18.0. The number of hydrogen-bond donors (Lipinski definition) is 1. The second-order valence-electron chi connectivity index (χ2n) is 7.37. The van der Waals surface area contributed by atoms with Gasteiger partial charge in [0, 0.05) is 30.8 Å². The molecule has 0 aliphatic carbocycles. The molecular formula is C24H26ClN3O3S. The number of benzene rings is 3. The molecule has 0 heterocycles. The Morgan fingerprint density at radius 2 is 1.56 bits per heavy atom. The van der Waals surface area contributed by atoms with Crippen molar-refractivity contribution in [3.8, 4) is 0 Å². The smallest absolute Gasteiger partial charge is 0.264 e. The molecule has 1 amide bonds. The van der Waals surface area contributed by atoms with E-state index >= 15 is 0 Å². The third kappa shape index (κ3) is 5.81. The van der Waals surface area contributed by atoms with Gasteiger partial charge in [-0.2, -0.15) is 0 Å². The summed E-state index contributed by atoms with van der Waals surface area (Å²) in [6.07, 6.45) is 0. The number of carbonyl (C=O) groups is 1. The maximum absolute atomic E-state index is 13.3. The quantitative estimate of drug-likeness (QED) is 0.510. The van der Waals surface area contributed by atoms with Gasteiger partial charge in [-0.15, -0.1) is 0 Å². The molecular weight excluding hydrogens is 446 g/mol. The van der Waals surface area contributed by atoms with Crippen molar-refractivity contribution < 1.29 is 13.2 Å². The maximum atomic E-state index is 13.3. The van der Waals surface area contributed by atoms with Crippen LogP contribution in [0, 0.1) is 6.92 Å². The van der Waals surface area contributed by atoms with E-state index in [2.05, 4.69) is 5.32 Å². The van der Waals surface area contributed by atoms with Gasteiger partial charge in [-0.05, 0) is 48.9 Å². The van der Waals surface area contributed by atoms with Gasteiger partial charge >= 0.3 is 0 Å². The van der Waals surface area contributed by atoms with Crippen LogP contribution in [0.3, 0.4) is 0 Å². The number of rotatable bonds is 9. The van der Waals surface area contributed by atoms with Crippen molar-refractivity contribution in [3.05, 3.63) is 89.4 Å². The highest BCUT2D eigenvalue weighted by atomic mass is 35.5. The molecule has 8 heteroatoms. The fraction of sp³-hybridized carbons (Fsp3) is 0.208. The van der Waals surface area contributed by atoms with E-state index in [1.54, 1.807) is 36.4 Å². The van der Waals surface area contributed by atoms with E-state index < -0.39 is 15.9 Å². The van der Waals surface area contributed by atoms with Crippen molar-refractivity contribution in [1.29, 1.82) is 0 Å². The topological polar surface area (TPSA) is 69.7 Å². The fourth-order valence-corrected chi connectivity index (χ4v) is 4.74. The van der Waals surface area contributed by atoms with Crippen LogP contribution in [0.5, 0.6) is 0 Å². The van der Waals surface area contributed by atoms with Crippen LogP contribution in [0.2, 0.25) is 5.02 Å². The third-order valence-corrected chi connectivity index (χ3v) is 7.22. The van der Waals surface area contributed by atoms with Crippen molar-refractivity contribution >= 4 is 38.9 Å². The van der Waals surface area contributed by atoms with Gasteiger partial charge in [-0.25, -0.2) is 8.42 Å². The van der Waals surface area contributed by atoms with Gasteiger partial charge in [-0.3, -0.25) is 9.10 Å². The Morgan fingerprint density at radius 1 is 0.938 bits per heavy atom. The molecule has 0 aliphatic rings. The number of anilines is 2. The van der Waals surface area contributed by atoms with Crippen LogP contribution in [0.1, 0.15) is 5.56 Å². The summed E-state index contributed by atoms with van der Waals surface area (Å²) in [6, 6.07) is 22.8. The molecule has 0 radical (unpaired) electrons. The van der Waals surface area contributed by atoms with E-state index in [-0.39, 0.29) is 11.4 Å². The number of nitrogens with zero attached hydrogens (tertiary/aromatic N) is 2. The predicted molar refractivity (Wildman–Crippen MR) is 130 cm³/mol. The maximum Gasteiger partial charge on any atom is 0.264 e. The van der Waals surface area contributed by atoms with E-state index in [0.29, 0.717) is 23.8 Å². The Hall–Kier alpha value is -3.03. The molecule has 32 heavy (non-hydrogen) atoms. The first kappa shape index (κ1) is 23.6. The molecule has 0 atom stereocenters. The Labute approximate surface area is 194 Å². The van der Waals surface area contributed by atoms with Gasteiger partial charge in [0.25, 0.3) is 10.0 Å². The first-order valence-electron chi connectivity index (χ1n) is 10.2. The van der Waals surface area contributed by atoms with Crippen molar-refractivity contribution in [2.75, 3.05) is 35.9 Å². The second kappa shape index (κ2) is 10.5. The normalized spacial score (nSPS) is 11.1. The number of hydrogen-bond acceptors (Lipinski definition) is 4. The van der Waals surface area contributed by atoms with Crippen LogP contribution in [-0.4, -0.2) is 41.0 Å². The highest BCUT2D eigenvalue weighted by molar-refractivity contribution is 7.92. The monoisotopic (exact) mass is 471 g/mol. The summed E-state index contributed by atoms with van der Waals surface area (Å²) in [4.78, 5) is 14.8. The summed E-state index contributed by atoms with van der Waals surface area (Å²) in [5.74, 6) is -0.400. The summed E-state index contributed by atoms with van der Waals surface area (Å²) >= 11 is 6.24. The van der Waals surface area contributed by atoms with Crippen LogP contribution in [0.4, 0.5) is 11.4 Å². The first-order chi connectivity index (χ1) is 15.3. The molecule has 3 aromatic rings. The lowest BCUT2D eigenvalue weighted by Crippen LogP contribution is -2.42. The van der Waals surface area contributed by atoms with Crippen LogP contribution in [-0.2, 0) is 14.8 Å². The molecule has 0 saturated heterocycles. The molecule has 0 aliphatic heterocycles. The molecule has 6 nitrogen and oxygen atoms in total. The summed E-state index contributed by atoms with van der Waals surface area (Å²) in [6.45, 7) is 2.43. The number of sulfonamides is 1. The van der Waals surface area contributed by atoms with Crippen molar-refractivity contribution in [2.45, 2.75) is 11.8 Å². The number of para-hydroxylation sites is 1. The zero-order chi connectivity index (χ0) is 23.1. The molecule has 0 saturated carbocycles. The van der Waals surface area contributed by atoms with Crippen molar-refractivity contribution in [1.82, 2.24) is 5.32 Å². The Balaban J connectivity index is 1.75. The minimum atomic E-state index is -3.96. The molecule has 0 aromatic heterocycles. The summed E-state index contributed by atoms with van der Waals surface area (Å²) < 4.78 is 27.7. The standard InChI is InChI=1S/C24H26ClN3O3S/c1-19-13-14-21(17-23(19)25)28(32(30,31)22-11-7-4-8-12-22)18-24(29)26-15-16-27(2)20-9-5-3-6-10-20/h3-14,17H,15-16,18H2,1-2H3,(H,26,29). The number of amides is 1. The zero-order valence-corrected chi connectivity index (χ0v) is 19.6. The van der Waals surface area contributed by atoms with Gasteiger partial charge in [-0.1, -0.05) is 54.1 Å². The van der Waals surface area contributed by atoms with Crippen molar-refractivity contribution in [3.63, 3.8) is 0 Å². The van der Waals surface area contributed by atoms with Gasteiger partial charge < -0.3 is 10.2 Å². The minimum absolute atomic E-state index is 0.105. The minimum Gasteiger partial charge on any atom is -0.373 e. The molecule has 0 bridgehead atoms. The third-order valence-electron chi connectivity index (χ3n) is 5.03. The molecule has 0 fully saturated rings. The summed E-state index contributed by atoms with van der Waals surface area (Å²) in [5.41, 5.74) is 2.19. The van der Waals surface area contributed by atoms with Gasteiger partial charge in [0.2, 0.25) is 5.91 Å². The SMILES string of the molecule is Cc1ccc(N(CC(=O)NCCN(C)c2ccccc2)S(=O)(=O)c2ccccc2)cc1Cl. The first-order valence-corrected chi connectivity index (χ1v) is 12.0. The number of carbonyl (C=O) groups excluding carboxylic acids is 1. The fourth-order valence-electron chi connectivity index (χ4n) is 3.13. The molecule has 168 valence electrons. The number of halogens is 1. The van der Waals surface area contributed by atoms with Crippen molar-refractivity contribution in [2.24, 2.45) is 0 Å². The second-order valence-corrected chi connectivity index (χ2v) is 9.63. The van der Waals surface area contributed by atoms with Gasteiger partial charge in [0.1, 0.15) is 6.54 Å².